The zero-order valence-electron chi connectivity index (χ0n) is 13.9. The van der Waals surface area contributed by atoms with E-state index in [-0.39, 0.29) is 16.8 Å². The molecule has 1 amide bonds. The van der Waals surface area contributed by atoms with Crippen molar-refractivity contribution in [2.45, 2.75) is 37.1 Å². The monoisotopic (exact) mass is 339 g/mol. The summed E-state index contributed by atoms with van der Waals surface area (Å²) in [4.78, 5) is 14.7. The van der Waals surface area contributed by atoms with Crippen LogP contribution in [-0.4, -0.2) is 56.8 Å². The summed E-state index contributed by atoms with van der Waals surface area (Å²) in [6, 6.07) is 6.15. The largest absolute Gasteiger partial charge is 0.325 e. The number of benzene rings is 1. The summed E-state index contributed by atoms with van der Waals surface area (Å²) >= 11 is 0. The number of sulfonamides is 1. The minimum absolute atomic E-state index is 0.105. The molecule has 1 heterocycles. The minimum Gasteiger partial charge on any atom is -0.325 e. The quantitative estimate of drug-likeness (QED) is 0.887. The molecule has 2 rings (SSSR count). The first-order valence-electron chi connectivity index (χ1n) is 7.90. The van der Waals surface area contributed by atoms with Crippen molar-refractivity contribution in [1.29, 1.82) is 0 Å². The molecule has 1 saturated heterocycles. The lowest BCUT2D eigenvalue weighted by Gasteiger charge is -2.31. The predicted molar refractivity (Wildman–Crippen MR) is 90.8 cm³/mol. The number of amides is 1. The van der Waals surface area contributed by atoms with E-state index in [0.29, 0.717) is 5.69 Å². The summed E-state index contributed by atoms with van der Waals surface area (Å²) in [6.45, 7) is 3.76. The van der Waals surface area contributed by atoms with E-state index in [1.807, 2.05) is 6.92 Å². The average molecular weight is 339 g/mol. The second kappa shape index (κ2) is 7.42. The molecule has 1 N–H and O–H groups in total. The van der Waals surface area contributed by atoms with Crippen molar-refractivity contribution in [3.05, 3.63) is 24.3 Å². The summed E-state index contributed by atoms with van der Waals surface area (Å²) in [5.74, 6) is -0.105. The Hall–Kier alpha value is -1.44. The van der Waals surface area contributed by atoms with Crippen molar-refractivity contribution >= 4 is 21.6 Å². The number of piperidine rings is 1. The summed E-state index contributed by atoms with van der Waals surface area (Å²) in [5, 5.41) is 2.83. The fourth-order valence-electron chi connectivity index (χ4n) is 2.66. The molecule has 128 valence electrons. The first kappa shape index (κ1) is 17.9. The highest BCUT2D eigenvalue weighted by molar-refractivity contribution is 7.89. The molecule has 23 heavy (non-hydrogen) atoms. The second-order valence-electron chi connectivity index (χ2n) is 6.08. The fourth-order valence-corrected chi connectivity index (χ4v) is 3.61. The van der Waals surface area contributed by atoms with E-state index in [9.17, 15) is 13.2 Å². The van der Waals surface area contributed by atoms with Gasteiger partial charge in [0.15, 0.2) is 0 Å². The van der Waals surface area contributed by atoms with Gasteiger partial charge in [0.2, 0.25) is 15.9 Å². The SMILES string of the molecule is C[C@@H](C(=O)Nc1cccc(S(=O)(=O)N(C)C)c1)N1CCCCC1. The summed E-state index contributed by atoms with van der Waals surface area (Å²) in [5.41, 5.74) is 0.502. The Balaban J connectivity index is 2.09. The zero-order chi connectivity index (χ0) is 17.0. The Morgan fingerprint density at radius 1 is 1.22 bits per heavy atom. The van der Waals surface area contributed by atoms with E-state index < -0.39 is 10.0 Å². The van der Waals surface area contributed by atoms with Crippen LogP contribution in [0.2, 0.25) is 0 Å². The van der Waals surface area contributed by atoms with E-state index in [2.05, 4.69) is 10.2 Å². The molecular weight excluding hydrogens is 314 g/mol. The lowest BCUT2D eigenvalue weighted by molar-refractivity contribution is -0.121. The number of hydrogen-bond donors (Lipinski definition) is 1. The summed E-state index contributed by atoms with van der Waals surface area (Å²) in [7, 11) is -0.534. The molecule has 0 spiro atoms. The number of hydrogen-bond acceptors (Lipinski definition) is 4. The van der Waals surface area contributed by atoms with E-state index >= 15 is 0 Å². The van der Waals surface area contributed by atoms with Crippen molar-refractivity contribution in [2.75, 3.05) is 32.5 Å². The molecule has 1 fully saturated rings. The van der Waals surface area contributed by atoms with Gasteiger partial charge in [0, 0.05) is 19.8 Å². The van der Waals surface area contributed by atoms with E-state index in [1.54, 1.807) is 12.1 Å². The summed E-state index contributed by atoms with van der Waals surface area (Å²) < 4.78 is 25.5. The van der Waals surface area contributed by atoms with Gasteiger partial charge in [0.05, 0.1) is 10.9 Å². The van der Waals surface area contributed by atoms with Crippen LogP contribution in [0.25, 0.3) is 0 Å². The highest BCUT2D eigenvalue weighted by Gasteiger charge is 2.23. The van der Waals surface area contributed by atoms with Gasteiger partial charge >= 0.3 is 0 Å². The Morgan fingerprint density at radius 3 is 2.48 bits per heavy atom. The van der Waals surface area contributed by atoms with Crippen LogP contribution in [0.4, 0.5) is 5.69 Å². The van der Waals surface area contributed by atoms with Crippen LogP contribution >= 0.6 is 0 Å². The maximum Gasteiger partial charge on any atom is 0.242 e. The van der Waals surface area contributed by atoms with Gasteiger partial charge in [-0.3, -0.25) is 9.69 Å². The zero-order valence-corrected chi connectivity index (χ0v) is 14.8. The highest BCUT2D eigenvalue weighted by atomic mass is 32.2. The Labute approximate surface area is 138 Å². The Kier molecular flexibility index (Phi) is 5.78. The van der Waals surface area contributed by atoms with Crippen molar-refractivity contribution in [3.63, 3.8) is 0 Å². The minimum atomic E-state index is -3.50. The summed E-state index contributed by atoms with van der Waals surface area (Å²) in [6.07, 6.45) is 3.46. The molecule has 1 aromatic rings. The van der Waals surface area contributed by atoms with E-state index in [0.717, 1.165) is 30.2 Å². The average Bonchev–Trinajstić information content (AvgIpc) is 2.55. The molecule has 1 aromatic carbocycles. The third-order valence-corrected chi connectivity index (χ3v) is 6.01. The molecule has 7 heteroatoms. The van der Waals surface area contributed by atoms with Crippen LogP contribution < -0.4 is 5.32 Å². The molecular formula is C16H25N3O3S. The van der Waals surface area contributed by atoms with E-state index in [1.165, 1.54) is 32.6 Å². The number of carbonyl (C=O) groups is 1. The number of rotatable bonds is 5. The molecule has 1 atom stereocenters. The first-order valence-corrected chi connectivity index (χ1v) is 9.34. The lowest BCUT2D eigenvalue weighted by atomic mass is 10.1. The van der Waals surface area contributed by atoms with Crippen molar-refractivity contribution in [1.82, 2.24) is 9.21 Å². The van der Waals surface area contributed by atoms with Crippen LogP contribution in [0.1, 0.15) is 26.2 Å². The molecule has 0 bridgehead atoms. The molecule has 6 nitrogen and oxygen atoms in total. The molecule has 0 unspecified atom stereocenters. The normalized spacial score (nSPS) is 17.9. The Morgan fingerprint density at radius 2 is 1.87 bits per heavy atom. The van der Waals surface area contributed by atoms with Gasteiger partial charge < -0.3 is 5.32 Å². The third-order valence-electron chi connectivity index (χ3n) is 4.20. The van der Waals surface area contributed by atoms with Gasteiger partial charge in [0.1, 0.15) is 0 Å². The van der Waals surface area contributed by atoms with E-state index in [4.69, 9.17) is 0 Å². The van der Waals surface area contributed by atoms with Crippen LogP contribution in [0, 0.1) is 0 Å². The van der Waals surface area contributed by atoms with Crippen LogP contribution in [0.3, 0.4) is 0 Å². The third kappa shape index (κ3) is 4.31. The topological polar surface area (TPSA) is 69.7 Å². The van der Waals surface area contributed by atoms with Gasteiger partial charge in [-0.05, 0) is 51.1 Å². The van der Waals surface area contributed by atoms with Gasteiger partial charge in [-0.2, -0.15) is 0 Å². The van der Waals surface area contributed by atoms with Gasteiger partial charge in [-0.1, -0.05) is 12.5 Å². The van der Waals surface area contributed by atoms with Gasteiger partial charge in [-0.15, -0.1) is 0 Å². The van der Waals surface area contributed by atoms with Gasteiger partial charge in [-0.25, -0.2) is 12.7 Å². The fraction of sp³-hybridized carbons (Fsp3) is 0.562. The smallest absolute Gasteiger partial charge is 0.242 e. The number of likely N-dealkylation sites (tertiary alicyclic amines) is 1. The van der Waals surface area contributed by atoms with Crippen molar-refractivity contribution in [2.24, 2.45) is 0 Å². The number of anilines is 1. The molecule has 0 aliphatic carbocycles. The maximum absolute atomic E-state index is 12.4. The second-order valence-corrected chi connectivity index (χ2v) is 8.23. The molecule has 0 saturated carbocycles. The number of carbonyl (C=O) groups excluding carboxylic acids is 1. The number of nitrogens with one attached hydrogen (secondary N) is 1. The lowest BCUT2D eigenvalue weighted by Crippen LogP contribution is -2.44. The Bertz CT molecular complexity index is 652. The predicted octanol–water partition coefficient (Wildman–Crippen LogP) is 1.75. The van der Waals surface area contributed by atoms with Crippen molar-refractivity contribution < 1.29 is 13.2 Å². The number of nitrogens with zero attached hydrogens (tertiary/aromatic N) is 2. The molecule has 1 aliphatic heterocycles. The first-order chi connectivity index (χ1) is 10.8. The molecule has 0 aromatic heterocycles. The maximum atomic E-state index is 12.4. The standard InChI is InChI=1S/C16H25N3O3S/c1-13(19-10-5-4-6-11-19)16(20)17-14-8-7-9-15(12-14)23(21,22)18(2)3/h7-9,12-13H,4-6,10-11H2,1-3H3,(H,17,20)/t13-/m0/s1. The highest BCUT2D eigenvalue weighted by Crippen LogP contribution is 2.19. The van der Waals surface area contributed by atoms with Crippen molar-refractivity contribution in [3.8, 4) is 0 Å². The van der Waals surface area contributed by atoms with Gasteiger partial charge in [0.25, 0.3) is 0 Å². The molecule has 0 radical (unpaired) electrons. The van der Waals surface area contributed by atoms with Crippen LogP contribution in [0.15, 0.2) is 29.2 Å². The molecule has 1 aliphatic rings. The van der Waals surface area contributed by atoms with Crippen LogP contribution in [0.5, 0.6) is 0 Å². The van der Waals surface area contributed by atoms with Crippen LogP contribution in [-0.2, 0) is 14.8 Å².